The molecular weight excluding hydrogens is 532 g/mol. The van der Waals surface area contributed by atoms with Crippen LogP contribution in [0.3, 0.4) is 0 Å². The maximum absolute atomic E-state index is 15.9. The van der Waals surface area contributed by atoms with Crippen molar-refractivity contribution in [1.29, 1.82) is 0 Å². The summed E-state index contributed by atoms with van der Waals surface area (Å²) in [6.45, 7) is 0.146. The smallest absolute Gasteiger partial charge is 0.254 e. The average Bonchev–Trinajstić information content (AvgIpc) is 3.74. The van der Waals surface area contributed by atoms with Gasteiger partial charge < -0.3 is 9.64 Å². The highest BCUT2D eigenvalue weighted by Gasteiger charge is 2.64. The van der Waals surface area contributed by atoms with Crippen LogP contribution >= 0.6 is 11.1 Å². The van der Waals surface area contributed by atoms with Crippen LogP contribution in [-0.4, -0.2) is 53.9 Å². The third-order valence-electron chi connectivity index (χ3n) is 7.80. The standard InChI is InChI=1S/C25H26F4N2O4S2/c26-16-11-18-17-4-1-3-15(22(17)28)13-24-14-20(24)36(30-37(33,34)25(29)6-7-25)10-2-8-31(24)21(32)5-9-35-23(18)19(27)12-16/h1,3-4,11-12,20,30,36H,2,5-10,13-14H2/t20?,24-/m0/s1. The normalized spacial score (nSPS) is 29.4. The van der Waals surface area contributed by atoms with Crippen LogP contribution in [0.4, 0.5) is 17.6 Å². The zero-order chi connectivity index (χ0) is 26.2. The summed E-state index contributed by atoms with van der Waals surface area (Å²) in [6.07, 6.45) is 0.921. The zero-order valence-corrected chi connectivity index (χ0v) is 21.5. The van der Waals surface area contributed by atoms with Crippen LogP contribution in [0.1, 0.15) is 37.7 Å². The first kappa shape index (κ1) is 25.0. The van der Waals surface area contributed by atoms with Crippen LogP contribution in [0.5, 0.6) is 5.75 Å². The number of alkyl halides is 1. The summed E-state index contributed by atoms with van der Waals surface area (Å²) in [5, 5.41) is -2.50. The Balaban J connectivity index is 1.41. The number of rotatable bonds is 3. The Labute approximate surface area is 214 Å². The minimum atomic E-state index is -4.16. The van der Waals surface area contributed by atoms with Gasteiger partial charge in [-0.15, -0.1) is 0 Å². The number of halogens is 4. The minimum Gasteiger partial charge on any atom is -0.489 e. The molecule has 2 aliphatic heterocycles. The second-order valence-corrected chi connectivity index (χ2v) is 14.7. The van der Waals surface area contributed by atoms with E-state index in [4.69, 9.17) is 4.74 Å². The number of carbonyl (C=O) groups is 1. The second-order valence-electron chi connectivity index (χ2n) is 10.2. The Hall–Kier alpha value is -2.31. The molecule has 2 aromatic carbocycles. The van der Waals surface area contributed by atoms with Crippen molar-refractivity contribution in [3.05, 3.63) is 53.3 Å². The van der Waals surface area contributed by atoms with E-state index < -0.39 is 49.1 Å². The summed E-state index contributed by atoms with van der Waals surface area (Å²) in [6, 6.07) is 6.21. The molecule has 2 aliphatic carbocycles. The number of hydrogen-bond donors (Lipinski definition) is 2. The number of nitrogens with one attached hydrogen (secondary N) is 1. The molecule has 4 aliphatic rings. The molecule has 1 N–H and O–H groups in total. The Morgan fingerprint density at radius 3 is 2.68 bits per heavy atom. The molecule has 37 heavy (non-hydrogen) atoms. The van der Waals surface area contributed by atoms with E-state index in [9.17, 15) is 26.4 Å². The lowest BCUT2D eigenvalue weighted by Crippen LogP contribution is -2.46. The first-order valence-corrected chi connectivity index (χ1v) is 15.3. The summed E-state index contributed by atoms with van der Waals surface area (Å²) < 4.78 is 92.7. The fourth-order valence-electron chi connectivity index (χ4n) is 5.65. The van der Waals surface area contributed by atoms with Crippen LogP contribution in [0.25, 0.3) is 11.1 Å². The lowest BCUT2D eigenvalue weighted by molar-refractivity contribution is -0.134. The lowest BCUT2D eigenvalue weighted by atomic mass is 9.95. The molecule has 6 nitrogen and oxygen atoms in total. The summed E-state index contributed by atoms with van der Waals surface area (Å²) >= 11 is -1.39. The van der Waals surface area contributed by atoms with Gasteiger partial charge in [0.15, 0.2) is 11.6 Å². The molecule has 1 spiro atoms. The number of hydrogen-bond acceptors (Lipinski definition) is 4. The maximum atomic E-state index is 15.9. The molecule has 0 radical (unpaired) electrons. The largest absolute Gasteiger partial charge is 0.489 e. The number of sulfonamides is 1. The van der Waals surface area contributed by atoms with Crippen molar-refractivity contribution in [2.45, 2.75) is 54.3 Å². The van der Waals surface area contributed by atoms with Gasteiger partial charge in [-0.2, -0.15) is 15.2 Å². The highest BCUT2D eigenvalue weighted by atomic mass is 32.3. The van der Waals surface area contributed by atoms with Gasteiger partial charge in [-0.05, 0) is 36.6 Å². The first-order valence-electron chi connectivity index (χ1n) is 12.2. The number of carbonyl (C=O) groups excluding carboxylic acids is 1. The van der Waals surface area contributed by atoms with Crippen LogP contribution in [0, 0.1) is 17.5 Å². The fourth-order valence-corrected chi connectivity index (χ4v) is 11.2. The van der Waals surface area contributed by atoms with E-state index in [0.717, 1.165) is 6.07 Å². The van der Waals surface area contributed by atoms with Crippen molar-refractivity contribution in [3.8, 4) is 16.9 Å². The minimum absolute atomic E-state index is 0.0253. The first-order chi connectivity index (χ1) is 17.5. The quantitative estimate of drug-likeness (QED) is 0.439. The highest BCUT2D eigenvalue weighted by Crippen LogP contribution is 2.60. The second kappa shape index (κ2) is 8.60. The summed E-state index contributed by atoms with van der Waals surface area (Å²) in [4.78, 5) is 15.1. The third kappa shape index (κ3) is 4.11. The van der Waals surface area contributed by atoms with Crippen molar-refractivity contribution in [1.82, 2.24) is 9.03 Å². The predicted molar refractivity (Wildman–Crippen MR) is 132 cm³/mol. The van der Waals surface area contributed by atoms with Crippen LogP contribution in [0.2, 0.25) is 0 Å². The average molecular weight is 559 g/mol. The van der Waals surface area contributed by atoms with Gasteiger partial charge in [0.25, 0.3) is 10.0 Å². The van der Waals surface area contributed by atoms with Crippen LogP contribution in [-0.2, 0) is 21.2 Å². The molecule has 200 valence electrons. The van der Waals surface area contributed by atoms with Crippen molar-refractivity contribution in [2.75, 3.05) is 18.9 Å². The number of ether oxygens (including phenoxy) is 1. The monoisotopic (exact) mass is 558 g/mol. The maximum Gasteiger partial charge on any atom is 0.254 e. The van der Waals surface area contributed by atoms with Gasteiger partial charge >= 0.3 is 0 Å². The van der Waals surface area contributed by atoms with Crippen LogP contribution < -0.4 is 8.86 Å². The zero-order valence-electron chi connectivity index (χ0n) is 19.8. The Morgan fingerprint density at radius 2 is 1.92 bits per heavy atom. The molecule has 6 rings (SSSR count). The van der Waals surface area contributed by atoms with Crippen molar-refractivity contribution in [2.24, 2.45) is 0 Å². The van der Waals surface area contributed by atoms with E-state index >= 15 is 4.39 Å². The number of benzene rings is 2. The van der Waals surface area contributed by atoms with E-state index in [2.05, 4.69) is 4.13 Å². The lowest BCUT2D eigenvalue weighted by Gasteiger charge is -2.34. The Morgan fingerprint density at radius 1 is 1.14 bits per heavy atom. The van der Waals surface area contributed by atoms with E-state index in [1.54, 1.807) is 17.0 Å². The van der Waals surface area contributed by atoms with Crippen molar-refractivity contribution in [3.63, 3.8) is 0 Å². The van der Waals surface area contributed by atoms with Gasteiger partial charge in [0.1, 0.15) is 11.6 Å². The topological polar surface area (TPSA) is 75.7 Å². The van der Waals surface area contributed by atoms with Gasteiger partial charge in [-0.3, -0.25) is 4.79 Å². The van der Waals surface area contributed by atoms with Crippen LogP contribution in [0.15, 0.2) is 30.3 Å². The van der Waals surface area contributed by atoms with Gasteiger partial charge in [-0.25, -0.2) is 26.0 Å². The highest BCUT2D eigenvalue weighted by molar-refractivity contribution is 8.22. The molecule has 2 unspecified atom stereocenters. The van der Waals surface area contributed by atoms with Gasteiger partial charge in [0.05, 0.1) is 18.6 Å². The summed E-state index contributed by atoms with van der Waals surface area (Å²) in [7, 11) is -4.16. The number of amides is 1. The van der Waals surface area contributed by atoms with E-state index in [-0.39, 0.29) is 65.9 Å². The molecule has 2 bridgehead atoms. The fraction of sp³-hybridized carbons (Fsp3) is 0.480. The number of nitrogens with zero attached hydrogens (tertiary/aromatic N) is 1. The molecule has 2 aromatic rings. The summed E-state index contributed by atoms with van der Waals surface area (Å²) in [5.74, 6) is -2.66. The van der Waals surface area contributed by atoms with Crippen molar-refractivity contribution >= 4 is 27.0 Å². The SMILES string of the molecule is O=C1CCOc2c(F)cc(F)cc2-c2cccc(c2F)C[C@]23CC2[SH](NS(=O)(=O)C2(F)CC2)CCCN13. The molecule has 12 heteroatoms. The van der Waals surface area contributed by atoms with E-state index in [0.29, 0.717) is 31.2 Å². The third-order valence-corrected chi connectivity index (χ3v) is 13.3. The van der Waals surface area contributed by atoms with Gasteiger partial charge in [0.2, 0.25) is 10.9 Å². The van der Waals surface area contributed by atoms with E-state index in [1.807, 2.05) is 0 Å². The predicted octanol–water partition coefficient (Wildman–Crippen LogP) is 4.13. The van der Waals surface area contributed by atoms with E-state index in [1.165, 1.54) is 6.07 Å². The van der Waals surface area contributed by atoms with Crippen molar-refractivity contribution < 1.29 is 35.5 Å². The molecule has 3 fully saturated rings. The Kier molecular flexibility index (Phi) is 5.81. The molecular formula is C25H26F4N2O4S2. The van der Waals surface area contributed by atoms with Gasteiger partial charge in [-0.1, -0.05) is 18.2 Å². The number of fused-ring (bicyclic) bond motifs is 4. The molecule has 0 aromatic heterocycles. The summed E-state index contributed by atoms with van der Waals surface area (Å²) in [5.41, 5.74) is -0.690. The molecule has 1 saturated heterocycles. The molecule has 1 amide bonds. The molecule has 2 saturated carbocycles. The number of thiol groups is 1. The van der Waals surface area contributed by atoms with Gasteiger partial charge in [0, 0.05) is 41.8 Å². The Bertz CT molecular complexity index is 1400. The molecule has 2 heterocycles. The molecule has 3 atom stereocenters.